The van der Waals surface area contributed by atoms with E-state index in [4.69, 9.17) is 18.9 Å². The Morgan fingerprint density at radius 3 is 2.46 bits per heavy atom. The van der Waals surface area contributed by atoms with Gasteiger partial charge >= 0.3 is 5.97 Å². The van der Waals surface area contributed by atoms with E-state index in [1.807, 2.05) is 6.07 Å². The van der Waals surface area contributed by atoms with Crippen LogP contribution in [0.5, 0.6) is 11.5 Å². The summed E-state index contributed by atoms with van der Waals surface area (Å²) >= 11 is 0. The van der Waals surface area contributed by atoms with Gasteiger partial charge in [-0.3, -0.25) is 0 Å². The van der Waals surface area contributed by atoms with E-state index in [-0.39, 0.29) is 23.7 Å². The second kappa shape index (κ2) is 6.75. The lowest BCUT2D eigenvalue weighted by Gasteiger charge is -2.41. The van der Waals surface area contributed by atoms with Gasteiger partial charge in [0.2, 0.25) is 0 Å². The number of aliphatic hydroxyl groups is 2. The van der Waals surface area contributed by atoms with E-state index in [9.17, 15) is 15.0 Å². The summed E-state index contributed by atoms with van der Waals surface area (Å²) in [5.74, 6) is -0.163. The van der Waals surface area contributed by atoms with Crippen LogP contribution in [0.15, 0.2) is 24.3 Å². The molecule has 140 valence electrons. The molecule has 26 heavy (non-hydrogen) atoms. The molecule has 0 bridgehead atoms. The lowest BCUT2D eigenvalue weighted by atomic mass is 9.84. The predicted octanol–water partition coefficient (Wildman–Crippen LogP) is 2.17. The van der Waals surface area contributed by atoms with Gasteiger partial charge in [-0.15, -0.1) is 0 Å². The summed E-state index contributed by atoms with van der Waals surface area (Å²) in [6.07, 6.45) is -2.59. The Bertz CT molecular complexity index is 843. The zero-order valence-corrected chi connectivity index (χ0v) is 15.1. The van der Waals surface area contributed by atoms with E-state index < -0.39 is 23.8 Å². The van der Waals surface area contributed by atoms with Crippen molar-refractivity contribution in [1.29, 1.82) is 0 Å². The van der Waals surface area contributed by atoms with Crippen LogP contribution in [0.3, 0.4) is 0 Å². The van der Waals surface area contributed by atoms with Crippen LogP contribution in [0.25, 0.3) is 10.8 Å². The molecule has 2 N–H and O–H groups in total. The maximum Gasteiger partial charge on any atom is 0.342 e. The molecule has 1 heterocycles. The fraction of sp³-hybridized carbons (Fsp3) is 0.421. The Morgan fingerprint density at radius 1 is 1.19 bits per heavy atom. The van der Waals surface area contributed by atoms with Crippen LogP contribution in [0, 0.1) is 0 Å². The van der Waals surface area contributed by atoms with Gasteiger partial charge in [-0.1, -0.05) is 24.3 Å². The number of methoxy groups -OCH3 is 2. The van der Waals surface area contributed by atoms with Crippen LogP contribution in [0.4, 0.5) is 0 Å². The van der Waals surface area contributed by atoms with Crippen LogP contribution < -0.4 is 9.47 Å². The third kappa shape index (κ3) is 2.78. The van der Waals surface area contributed by atoms with Crippen molar-refractivity contribution >= 4 is 16.7 Å². The summed E-state index contributed by atoms with van der Waals surface area (Å²) < 4.78 is 21.5. The van der Waals surface area contributed by atoms with E-state index in [1.54, 1.807) is 32.0 Å². The maximum absolute atomic E-state index is 12.5. The standard InChI is InChI=1S/C19H22O7/c1-19(2)17(21)14(20)12-13(18(22)24-4)15(25-9-23-3)10-7-5-6-8-11(10)16(12)26-19/h5-8,14,17,20-21H,9H2,1-4H3/t14-,17-/m0/s1. The van der Waals surface area contributed by atoms with Crippen molar-refractivity contribution in [2.75, 3.05) is 21.0 Å². The number of hydrogen-bond donors (Lipinski definition) is 2. The molecule has 0 aromatic heterocycles. The van der Waals surface area contributed by atoms with Crippen LogP contribution >= 0.6 is 0 Å². The fourth-order valence-corrected chi connectivity index (χ4v) is 3.22. The average Bonchev–Trinajstić information content (AvgIpc) is 2.63. The normalized spacial score (nSPS) is 21.0. The maximum atomic E-state index is 12.5. The first-order chi connectivity index (χ1) is 12.3. The topological polar surface area (TPSA) is 94.5 Å². The SMILES string of the molecule is COCOc1c(C(=O)OC)c2c(c3ccccc13)OC(C)(C)[C@@H](O)[C@H]2O. The number of esters is 1. The summed E-state index contributed by atoms with van der Waals surface area (Å²) in [6, 6.07) is 7.19. The molecule has 0 unspecified atom stereocenters. The molecule has 0 saturated carbocycles. The number of benzene rings is 2. The lowest BCUT2D eigenvalue weighted by Crippen LogP contribution is -2.49. The van der Waals surface area contributed by atoms with Crippen molar-refractivity contribution in [3.63, 3.8) is 0 Å². The van der Waals surface area contributed by atoms with Crippen LogP contribution in [-0.2, 0) is 9.47 Å². The van der Waals surface area contributed by atoms with Gasteiger partial charge in [0, 0.05) is 23.4 Å². The Balaban J connectivity index is 2.42. The molecular formula is C19H22O7. The highest BCUT2D eigenvalue weighted by Crippen LogP contribution is 2.49. The quantitative estimate of drug-likeness (QED) is 0.636. The highest BCUT2D eigenvalue weighted by Gasteiger charge is 2.46. The van der Waals surface area contributed by atoms with E-state index >= 15 is 0 Å². The smallest absolute Gasteiger partial charge is 0.342 e. The Morgan fingerprint density at radius 2 is 1.85 bits per heavy atom. The van der Waals surface area contributed by atoms with Crippen molar-refractivity contribution in [1.82, 2.24) is 0 Å². The fourth-order valence-electron chi connectivity index (χ4n) is 3.22. The van der Waals surface area contributed by atoms with Gasteiger partial charge in [-0.05, 0) is 13.8 Å². The second-order valence-corrected chi connectivity index (χ2v) is 6.63. The molecule has 3 rings (SSSR count). The number of rotatable bonds is 4. The number of aliphatic hydroxyl groups excluding tert-OH is 2. The number of carbonyl (C=O) groups excluding carboxylic acids is 1. The number of hydrogen-bond acceptors (Lipinski definition) is 7. The van der Waals surface area contributed by atoms with E-state index in [1.165, 1.54) is 14.2 Å². The minimum absolute atomic E-state index is 0.0142. The molecule has 0 fully saturated rings. The van der Waals surface area contributed by atoms with Crippen molar-refractivity contribution in [2.24, 2.45) is 0 Å². The van der Waals surface area contributed by atoms with E-state index in [0.717, 1.165) is 0 Å². The van der Waals surface area contributed by atoms with Crippen molar-refractivity contribution < 1.29 is 34.0 Å². The molecule has 0 saturated heterocycles. The molecule has 1 aliphatic rings. The predicted molar refractivity (Wildman–Crippen MR) is 93.5 cm³/mol. The van der Waals surface area contributed by atoms with Crippen molar-refractivity contribution in [2.45, 2.75) is 31.7 Å². The third-order valence-electron chi connectivity index (χ3n) is 4.54. The summed E-state index contributed by atoms with van der Waals surface area (Å²) in [5, 5.41) is 22.5. The number of ether oxygens (including phenoxy) is 4. The summed E-state index contributed by atoms with van der Waals surface area (Å²) in [7, 11) is 2.70. The Kier molecular flexibility index (Phi) is 4.79. The van der Waals surface area contributed by atoms with Crippen LogP contribution in [0.1, 0.15) is 35.9 Å². The van der Waals surface area contributed by atoms with Gasteiger partial charge in [0.15, 0.2) is 6.79 Å². The van der Waals surface area contributed by atoms with Crippen molar-refractivity contribution in [3.05, 3.63) is 35.4 Å². The second-order valence-electron chi connectivity index (χ2n) is 6.63. The molecule has 7 heteroatoms. The highest BCUT2D eigenvalue weighted by molar-refractivity contribution is 6.06. The monoisotopic (exact) mass is 362 g/mol. The summed E-state index contributed by atoms with van der Waals surface area (Å²) in [5.41, 5.74) is -0.883. The minimum Gasteiger partial charge on any atom is -0.484 e. The van der Waals surface area contributed by atoms with Crippen LogP contribution in [-0.4, -0.2) is 48.9 Å². The Hall–Kier alpha value is -2.35. The highest BCUT2D eigenvalue weighted by atomic mass is 16.7. The molecule has 0 radical (unpaired) electrons. The van der Waals surface area contributed by atoms with Gasteiger partial charge < -0.3 is 29.2 Å². The largest absolute Gasteiger partial charge is 0.484 e. The van der Waals surface area contributed by atoms with E-state index in [0.29, 0.717) is 16.5 Å². The van der Waals surface area contributed by atoms with Crippen molar-refractivity contribution in [3.8, 4) is 11.5 Å². The first kappa shape index (κ1) is 18.4. The minimum atomic E-state index is -1.35. The van der Waals surface area contributed by atoms with Gasteiger partial charge in [-0.25, -0.2) is 4.79 Å². The average molecular weight is 362 g/mol. The zero-order valence-electron chi connectivity index (χ0n) is 15.1. The number of fused-ring (bicyclic) bond motifs is 3. The van der Waals surface area contributed by atoms with Crippen LogP contribution in [0.2, 0.25) is 0 Å². The third-order valence-corrected chi connectivity index (χ3v) is 4.54. The van der Waals surface area contributed by atoms with E-state index in [2.05, 4.69) is 0 Å². The molecule has 0 spiro atoms. The molecule has 0 aliphatic carbocycles. The van der Waals surface area contributed by atoms with Gasteiger partial charge in [0.05, 0.1) is 7.11 Å². The van der Waals surface area contributed by atoms with Gasteiger partial charge in [0.25, 0.3) is 0 Å². The lowest BCUT2D eigenvalue weighted by molar-refractivity contribution is -0.111. The summed E-state index contributed by atoms with van der Waals surface area (Å²) in [6.45, 7) is 3.25. The molecular weight excluding hydrogens is 340 g/mol. The first-order valence-corrected chi connectivity index (χ1v) is 8.17. The zero-order chi connectivity index (χ0) is 19.1. The molecule has 0 amide bonds. The molecule has 7 nitrogen and oxygen atoms in total. The number of carbonyl (C=O) groups is 1. The van der Waals surface area contributed by atoms with Gasteiger partial charge in [-0.2, -0.15) is 0 Å². The molecule has 2 aromatic carbocycles. The molecule has 2 aromatic rings. The first-order valence-electron chi connectivity index (χ1n) is 8.17. The molecule has 1 aliphatic heterocycles. The Labute approximate surface area is 151 Å². The van der Waals surface area contributed by atoms with Gasteiger partial charge in [0.1, 0.15) is 34.9 Å². The summed E-state index contributed by atoms with van der Waals surface area (Å²) in [4.78, 5) is 12.5. The molecule has 2 atom stereocenters.